The summed E-state index contributed by atoms with van der Waals surface area (Å²) in [6, 6.07) is 0. The third kappa shape index (κ3) is 1.33. The van der Waals surface area contributed by atoms with Crippen molar-refractivity contribution in [1.29, 1.82) is 0 Å². The molecule has 1 fully saturated rings. The molecule has 12 heavy (non-hydrogen) atoms. The molecule has 0 aromatic heterocycles. The largest absolute Gasteiger partial charge is 0.258 e. The number of primary sulfonamides is 1. The van der Waals surface area contributed by atoms with Gasteiger partial charge in [-0.1, -0.05) is 13.8 Å². The average Bonchev–Trinajstić information content (AvgIpc) is 2.09. The lowest BCUT2D eigenvalue weighted by Gasteiger charge is -1.97. The van der Waals surface area contributed by atoms with Crippen LogP contribution in [0.25, 0.3) is 0 Å². The first-order chi connectivity index (χ1) is 5.09. The Bertz CT molecular complexity index is 283. The second-order valence-corrected chi connectivity index (χ2v) is 5.39. The summed E-state index contributed by atoms with van der Waals surface area (Å²) in [7, 11) is -3.78. The standard InChI is InChI=1S/C6H11F2NO2S/c1-5(2)4(6(5,7)8)3-12(9,10)11/h4H,3H2,1-2H3,(H2,9,10,11). The van der Waals surface area contributed by atoms with Crippen molar-refractivity contribution >= 4 is 10.0 Å². The van der Waals surface area contributed by atoms with Gasteiger partial charge < -0.3 is 0 Å². The van der Waals surface area contributed by atoms with Crippen molar-refractivity contribution in [2.24, 2.45) is 16.5 Å². The molecule has 0 bridgehead atoms. The molecule has 2 N–H and O–H groups in total. The van der Waals surface area contributed by atoms with E-state index in [1.165, 1.54) is 13.8 Å². The molecule has 1 aliphatic rings. The molecule has 0 aromatic carbocycles. The van der Waals surface area contributed by atoms with Crippen LogP contribution in [0.3, 0.4) is 0 Å². The molecule has 6 heteroatoms. The van der Waals surface area contributed by atoms with Gasteiger partial charge in [0.15, 0.2) is 0 Å². The second kappa shape index (κ2) is 2.17. The third-order valence-electron chi connectivity index (χ3n) is 2.48. The van der Waals surface area contributed by atoms with Crippen LogP contribution in [0.2, 0.25) is 0 Å². The van der Waals surface area contributed by atoms with Gasteiger partial charge in [0.1, 0.15) is 0 Å². The van der Waals surface area contributed by atoms with Crippen molar-refractivity contribution < 1.29 is 17.2 Å². The minimum atomic E-state index is -3.78. The van der Waals surface area contributed by atoms with Crippen molar-refractivity contribution in [2.45, 2.75) is 19.8 Å². The number of nitrogens with two attached hydrogens (primary N) is 1. The highest BCUT2D eigenvalue weighted by Crippen LogP contribution is 2.65. The van der Waals surface area contributed by atoms with E-state index in [4.69, 9.17) is 0 Å². The Kier molecular flexibility index (Phi) is 1.78. The highest BCUT2D eigenvalue weighted by Gasteiger charge is 2.75. The highest BCUT2D eigenvalue weighted by atomic mass is 32.2. The maximum absolute atomic E-state index is 12.8. The fourth-order valence-electron chi connectivity index (χ4n) is 1.30. The zero-order valence-corrected chi connectivity index (χ0v) is 7.66. The van der Waals surface area contributed by atoms with Gasteiger partial charge in [-0.3, -0.25) is 0 Å². The number of alkyl halides is 2. The van der Waals surface area contributed by atoms with Crippen molar-refractivity contribution in [3.05, 3.63) is 0 Å². The molecule has 1 rings (SSSR count). The van der Waals surface area contributed by atoms with E-state index in [1.807, 2.05) is 0 Å². The Labute approximate surface area is 70.0 Å². The number of hydrogen-bond donors (Lipinski definition) is 1. The summed E-state index contributed by atoms with van der Waals surface area (Å²) in [6.45, 7) is 2.67. The molecular formula is C6H11F2NO2S. The maximum atomic E-state index is 12.8. The van der Waals surface area contributed by atoms with Crippen LogP contribution in [-0.2, 0) is 10.0 Å². The molecule has 0 amide bonds. The summed E-state index contributed by atoms with van der Waals surface area (Å²) in [5, 5.41) is 4.66. The van der Waals surface area contributed by atoms with Gasteiger partial charge in [-0.05, 0) is 0 Å². The van der Waals surface area contributed by atoms with Crippen LogP contribution >= 0.6 is 0 Å². The lowest BCUT2D eigenvalue weighted by Crippen LogP contribution is -2.20. The van der Waals surface area contributed by atoms with Crippen molar-refractivity contribution in [1.82, 2.24) is 0 Å². The van der Waals surface area contributed by atoms with Gasteiger partial charge in [-0.15, -0.1) is 0 Å². The molecule has 0 saturated heterocycles. The molecule has 1 atom stereocenters. The van der Waals surface area contributed by atoms with Gasteiger partial charge in [0.2, 0.25) is 10.0 Å². The summed E-state index contributed by atoms with van der Waals surface area (Å²) in [5.41, 5.74) is -1.22. The normalized spacial score (nSPS) is 31.6. The first-order valence-corrected chi connectivity index (χ1v) is 5.19. The van der Waals surface area contributed by atoms with Crippen LogP contribution in [0.4, 0.5) is 8.78 Å². The zero-order chi connectivity index (χ0) is 9.78. The van der Waals surface area contributed by atoms with Crippen LogP contribution in [0.15, 0.2) is 0 Å². The van der Waals surface area contributed by atoms with E-state index in [9.17, 15) is 17.2 Å². The second-order valence-electron chi connectivity index (χ2n) is 3.73. The molecule has 0 spiro atoms. The Hall–Kier alpha value is -0.230. The summed E-state index contributed by atoms with van der Waals surface area (Å²) in [5.74, 6) is -4.65. The van der Waals surface area contributed by atoms with E-state index in [-0.39, 0.29) is 0 Å². The van der Waals surface area contributed by atoms with Crippen LogP contribution in [0.5, 0.6) is 0 Å². The molecule has 3 nitrogen and oxygen atoms in total. The molecule has 0 radical (unpaired) electrons. The molecule has 0 aliphatic heterocycles. The minimum Gasteiger partial charge on any atom is -0.229 e. The maximum Gasteiger partial charge on any atom is 0.258 e. The molecule has 0 aromatic rings. The van der Waals surface area contributed by atoms with Gasteiger partial charge in [0.05, 0.1) is 5.75 Å². The van der Waals surface area contributed by atoms with Gasteiger partial charge in [-0.25, -0.2) is 22.3 Å². The summed E-state index contributed by atoms with van der Waals surface area (Å²) < 4.78 is 46.6. The Morgan fingerprint density at radius 2 is 1.75 bits per heavy atom. The van der Waals surface area contributed by atoms with Crippen molar-refractivity contribution in [3.8, 4) is 0 Å². The summed E-state index contributed by atoms with van der Waals surface area (Å²) in [4.78, 5) is 0. The highest BCUT2D eigenvalue weighted by molar-refractivity contribution is 7.89. The van der Waals surface area contributed by atoms with Crippen LogP contribution < -0.4 is 5.14 Å². The van der Waals surface area contributed by atoms with Crippen LogP contribution in [0.1, 0.15) is 13.8 Å². The molecule has 0 heterocycles. The molecule has 1 unspecified atom stereocenters. The van der Waals surface area contributed by atoms with E-state index in [1.54, 1.807) is 0 Å². The number of sulfonamides is 1. The lowest BCUT2D eigenvalue weighted by atomic mass is 10.1. The average molecular weight is 199 g/mol. The van der Waals surface area contributed by atoms with Crippen molar-refractivity contribution in [2.75, 3.05) is 5.75 Å². The number of rotatable bonds is 2. The molecular weight excluding hydrogens is 188 g/mol. The monoisotopic (exact) mass is 199 g/mol. The van der Waals surface area contributed by atoms with E-state index < -0.39 is 33.0 Å². The number of halogens is 2. The van der Waals surface area contributed by atoms with Gasteiger partial charge in [0, 0.05) is 11.3 Å². The first kappa shape index (κ1) is 9.85. The first-order valence-electron chi connectivity index (χ1n) is 3.47. The SMILES string of the molecule is CC1(C)C(CS(N)(=O)=O)C1(F)F. The van der Waals surface area contributed by atoms with Crippen LogP contribution in [0, 0.1) is 11.3 Å². The minimum absolute atomic E-state index is 0.632. The quantitative estimate of drug-likeness (QED) is 0.706. The Balaban J connectivity index is 2.74. The van der Waals surface area contributed by atoms with E-state index in [2.05, 4.69) is 5.14 Å². The smallest absolute Gasteiger partial charge is 0.229 e. The Morgan fingerprint density at radius 1 is 1.42 bits per heavy atom. The van der Waals surface area contributed by atoms with Gasteiger partial charge >= 0.3 is 0 Å². The molecule has 1 aliphatic carbocycles. The predicted molar refractivity (Wildman–Crippen MR) is 40.2 cm³/mol. The Morgan fingerprint density at radius 3 is 1.83 bits per heavy atom. The van der Waals surface area contributed by atoms with Crippen molar-refractivity contribution in [3.63, 3.8) is 0 Å². The van der Waals surface area contributed by atoms with E-state index in [0.717, 1.165) is 0 Å². The summed E-state index contributed by atoms with van der Waals surface area (Å²) >= 11 is 0. The lowest BCUT2D eigenvalue weighted by molar-refractivity contribution is 0.0685. The van der Waals surface area contributed by atoms with Gasteiger partial charge in [0.25, 0.3) is 5.92 Å². The molecule has 72 valence electrons. The van der Waals surface area contributed by atoms with Crippen LogP contribution in [-0.4, -0.2) is 20.1 Å². The fourth-order valence-corrected chi connectivity index (χ4v) is 2.39. The molecule has 1 saturated carbocycles. The van der Waals surface area contributed by atoms with E-state index in [0.29, 0.717) is 0 Å². The topological polar surface area (TPSA) is 60.2 Å². The van der Waals surface area contributed by atoms with E-state index >= 15 is 0 Å². The number of hydrogen-bond acceptors (Lipinski definition) is 2. The third-order valence-corrected chi connectivity index (χ3v) is 3.28. The van der Waals surface area contributed by atoms with Gasteiger partial charge in [-0.2, -0.15) is 0 Å². The zero-order valence-electron chi connectivity index (χ0n) is 6.84. The predicted octanol–water partition coefficient (Wildman–Crippen LogP) is 0.566. The summed E-state index contributed by atoms with van der Waals surface area (Å²) in [6.07, 6.45) is 0. The fraction of sp³-hybridized carbons (Fsp3) is 1.00.